The Bertz CT molecular complexity index is 938. The summed E-state index contributed by atoms with van der Waals surface area (Å²) in [4.78, 5) is 45.3. The van der Waals surface area contributed by atoms with Crippen LogP contribution in [0.2, 0.25) is 0 Å². The Kier molecular flexibility index (Phi) is 6.68. The van der Waals surface area contributed by atoms with E-state index in [2.05, 4.69) is 0 Å². The number of cyclic esters (lactones) is 1. The Balaban J connectivity index is 1.93. The Morgan fingerprint density at radius 1 is 1.14 bits per heavy atom. The van der Waals surface area contributed by atoms with Gasteiger partial charge in [0.05, 0.1) is 30.8 Å². The lowest BCUT2D eigenvalue weighted by Crippen LogP contribution is -2.62. The second kappa shape index (κ2) is 9.04. The SMILES string of the molecule is CC[C@H](C)[C@H](CO)N1C(=O)[C@@H]2[C@@H]3C(=O)OCCC/C=C\[C@]3(C)O[C@@]23C=CCN(C(C)(C)C)C(=O)C13. The number of amides is 2. The number of rotatable bonds is 4. The van der Waals surface area contributed by atoms with Gasteiger partial charge in [0.1, 0.15) is 17.6 Å². The molecule has 35 heavy (non-hydrogen) atoms. The molecular weight excluding hydrogens is 448 g/mol. The van der Waals surface area contributed by atoms with E-state index in [9.17, 15) is 19.5 Å². The summed E-state index contributed by atoms with van der Waals surface area (Å²) in [6.45, 7) is 12.0. The molecule has 1 N–H and O–H groups in total. The van der Waals surface area contributed by atoms with Crippen LogP contribution in [-0.4, -0.2) is 81.3 Å². The van der Waals surface area contributed by atoms with Crippen molar-refractivity contribution in [1.82, 2.24) is 9.80 Å². The van der Waals surface area contributed by atoms with E-state index in [1.54, 1.807) is 9.80 Å². The van der Waals surface area contributed by atoms with Crippen molar-refractivity contribution in [3.8, 4) is 0 Å². The minimum absolute atomic E-state index is 0.0540. The maximum absolute atomic E-state index is 14.3. The van der Waals surface area contributed by atoms with E-state index in [-0.39, 0.29) is 30.9 Å². The lowest BCUT2D eigenvalue weighted by Gasteiger charge is -2.44. The highest BCUT2D eigenvalue weighted by Crippen LogP contribution is 2.58. The molecule has 1 unspecified atom stereocenters. The van der Waals surface area contributed by atoms with Gasteiger partial charge in [-0.15, -0.1) is 0 Å². The van der Waals surface area contributed by atoms with Gasteiger partial charge in [-0.1, -0.05) is 44.6 Å². The number of ether oxygens (including phenoxy) is 2. The summed E-state index contributed by atoms with van der Waals surface area (Å²) in [6.07, 6.45) is 9.71. The van der Waals surface area contributed by atoms with Crippen molar-refractivity contribution in [3.05, 3.63) is 24.3 Å². The largest absolute Gasteiger partial charge is 0.465 e. The quantitative estimate of drug-likeness (QED) is 0.482. The van der Waals surface area contributed by atoms with Crippen LogP contribution in [0.3, 0.4) is 0 Å². The fourth-order valence-electron chi connectivity index (χ4n) is 6.35. The molecule has 0 radical (unpaired) electrons. The molecule has 7 atom stereocenters. The number of esters is 1. The van der Waals surface area contributed by atoms with Gasteiger partial charge >= 0.3 is 5.97 Å². The molecule has 8 nitrogen and oxygen atoms in total. The third-order valence-electron chi connectivity index (χ3n) is 8.34. The maximum atomic E-state index is 14.3. The molecule has 1 spiro atoms. The summed E-state index contributed by atoms with van der Waals surface area (Å²) in [7, 11) is 0. The molecule has 2 amide bonds. The molecule has 4 aliphatic rings. The maximum Gasteiger partial charge on any atom is 0.313 e. The van der Waals surface area contributed by atoms with Gasteiger partial charge in [0.15, 0.2) is 0 Å². The van der Waals surface area contributed by atoms with Crippen molar-refractivity contribution >= 4 is 17.8 Å². The monoisotopic (exact) mass is 488 g/mol. The smallest absolute Gasteiger partial charge is 0.313 e. The summed E-state index contributed by atoms with van der Waals surface area (Å²) in [5, 5.41) is 10.4. The van der Waals surface area contributed by atoms with Crippen molar-refractivity contribution in [3.63, 3.8) is 0 Å². The van der Waals surface area contributed by atoms with Crippen molar-refractivity contribution in [1.29, 1.82) is 0 Å². The first kappa shape index (κ1) is 25.9. The third-order valence-corrected chi connectivity index (χ3v) is 8.34. The second-order valence-corrected chi connectivity index (χ2v) is 11.6. The van der Waals surface area contributed by atoms with Gasteiger partial charge in [-0.05, 0) is 46.5 Å². The number of hydrogen-bond donors (Lipinski definition) is 1. The first-order chi connectivity index (χ1) is 16.4. The van der Waals surface area contributed by atoms with Crippen molar-refractivity contribution < 1.29 is 29.0 Å². The van der Waals surface area contributed by atoms with Crippen molar-refractivity contribution in [2.24, 2.45) is 17.8 Å². The first-order valence-electron chi connectivity index (χ1n) is 12.9. The summed E-state index contributed by atoms with van der Waals surface area (Å²) in [5.74, 6) is -2.91. The molecule has 4 heterocycles. The van der Waals surface area contributed by atoms with Gasteiger partial charge in [-0.25, -0.2) is 0 Å². The first-order valence-corrected chi connectivity index (χ1v) is 12.9. The van der Waals surface area contributed by atoms with Crippen LogP contribution >= 0.6 is 0 Å². The highest BCUT2D eigenvalue weighted by molar-refractivity contribution is 5.99. The number of aliphatic hydroxyl groups excluding tert-OH is 1. The molecule has 0 bridgehead atoms. The lowest BCUT2D eigenvalue weighted by atomic mass is 9.74. The van der Waals surface area contributed by atoms with Crippen LogP contribution in [0.5, 0.6) is 0 Å². The molecular formula is C27H40N2O6. The fourth-order valence-corrected chi connectivity index (χ4v) is 6.35. The Labute approximate surface area is 208 Å². The van der Waals surface area contributed by atoms with Crippen LogP contribution in [0.25, 0.3) is 0 Å². The molecule has 194 valence electrons. The number of likely N-dealkylation sites (tertiary alicyclic amines) is 1. The van der Waals surface area contributed by atoms with Gasteiger partial charge in [0.2, 0.25) is 11.8 Å². The summed E-state index contributed by atoms with van der Waals surface area (Å²) in [5.41, 5.74) is -2.93. The second-order valence-electron chi connectivity index (χ2n) is 11.6. The van der Waals surface area contributed by atoms with E-state index in [0.717, 1.165) is 12.8 Å². The number of allylic oxidation sites excluding steroid dienone is 1. The number of hydrogen-bond acceptors (Lipinski definition) is 6. The number of carbonyl (C=O) groups is 3. The summed E-state index contributed by atoms with van der Waals surface area (Å²) in [6, 6.07) is -1.56. The Hall–Kier alpha value is -2.19. The van der Waals surface area contributed by atoms with Gasteiger partial charge in [-0.2, -0.15) is 0 Å². The van der Waals surface area contributed by atoms with Crippen LogP contribution in [0.1, 0.15) is 60.8 Å². The zero-order valence-corrected chi connectivity index (χ0v) is 21.8. The molecule has 0 aromatic carbocycles. The predicted octanol–water partition coefficient (Wildman–Crippen LogP) is 2.45. The Morgan fingerprint density at radius 3 is 2.49 bits per heavy atom. The third kappa shape index (κ3) is 3.93. The molecule has 2 fully saturated rings. The minimum atomic E-state index is -1.34. The van der Waals surface area contributed by atoms with Crippen LogP contribution < -0.4 is 0 Å². The average Bonchev–Trinajstić information content (AvgIpc) is 3.13. The molecule has 4 rings (SSSR count). The normalized spacial score (nSPS) is 37.9. The van der Waals surface area contributed by atoms with E-state index in [1.165, 1.54) is 0 Å². The van der Waals surface area contributed by atoms with Gasteiger partial charge in [0.25, 0.3) is 0 Å². The molecule has 0 aromatic rings. The van der Waals surface area contributed by atoms with Crippen LogP contribution in [0.4, 0.5) is 0 Å². The lowest BCUT2D eigenvalue weighted by molar-refractivity contribution is -0.163. The van der Waals surface area contributed by atoms with E-state index >= 15 is 0 Å². The van der Waals surface area contributed by atoms with E-state index in [1.807, 2.05) is 65.8 Å². The van der Waals surface area contributed by atoms with Crippen LogP contribution in [0, 0.1) is 17.8 Å². The molecule has 2 saturated heterocycles. The standard InChI is InChI=1S/C27H40N2O6/c1-7-17(2)18(16-30)29-21-23(32)28(25(3,4)5)14-11-13-27(21)19(22(29)31)20-24(33)34-15-10-8-9-12-26(20,6)35-27/h9,11-13,17-21,30H,7-8,10,14-16H2,1-6H3/b12-9-/t17-,18-,19-,20+,21?,26-,27-/m0/s1. The number of nitrogens with zero attached hydrogens (tertiary/aromatic N) is 2. The highest BCUT2D eigenvalue weighted by Gasteiger charge is 2.75. The zero-order valence-electron chi connectivity index (χ0n) is 21.8. The fraction of sp³-hybridized carbons (Fsp3) is 0.741. The highest BCUT2D eigenvalue weighted by atomic mass is 16.6. The minimum Gasteiger partial charge on any atom is -0.465 e. The van der Waals surface area contributed by atoms with Crippen LogP contribution in [0.15, 0.2) is 24.3 Å². The molecule has 0 aliphatic carbocycles. The van der Waals surface area contributed by atoms with E-state index < -0.39 is 46.6 Å². The summed E-state index contributed by atoms with van der Waals surface area (Å²) < 4.78 is 12.4. The number of carbonyl (C=O) groups excluding carboxylic acids is 3. The van der Waals surface area contributed by atoms with E-state index in [0.29, 0.717) is 13.0 Å². The van der Waals surface area contributed by atoms with Crippen molar-refractivity contribution in [2.45, 2.75) is 89.6 Å². The number of aliphatic hydroxyl groups is 1. The average molecular weight is 489 g/mol. The topological polar surface area (TPSA) is 96.4 Å². The van der Waals surface area contributed by atoms with Crippen molar-refractivity contribution in [2.75, 3.05) is 19.8 Å². The molecule has 0 saturated carbocycles. The van der Waals surface area contributed by atoms with Crippen LogP contribution in [-0.2, 0) is 23.9 Å². The number of fused-ring (bicyclic) bond motifs is 2. The molecule has 4 aliphatic heterocycles. The summed E-state index contributed by atoms with van der Waals surface area (Å²) >= 11 is 0. The van der Waals surface area contributed by atoms with Gasteiger partial charge in [-0.3, -0.25) is 14.4 Å². The Morgan fingerprint density at radius 2 is 1.86 bits per heavy atom. The predicted molar refractivity (Wildman–Crippen MR) is 130 cm³/mol. The zero-order chi connectivity index (χ0) is 25.8. The molecule has 0 aromatic heterocycles. The van der Waals surface area contributed by atoms with Gasteiger partial charge in [0, 0.05) is 12.1 Å². The van der Waals surface area contributed by atoms with E-state index in [4.69, 9.17) is 9.47 Å². The molecule has 8 heteroatoms. The van der Waals surface area contributed by atoms with Gasteiger partial charge < -0.3 is 24.4 Å².